The lowest BCUT2D eigenvalue weighted by atomic mass is 9.97. The van der Waals surface area contributed by atoms with E-state index in [1.165, 1.54) is 43.6 Å². The molecule has 2 N–H and O–H groups in total. The van der Waals surface area contributed by atoms with Gasteiger partial charge in [0.25, 0.3) is 0 Å². The largest absolute Gasteiger partial charge is 0.494 e. The van der Waals surface area contributed by atoms with Crippen LogP contribution < -0.4 is 0 Å². The van der Waals surface area contributed by atoms with Crippen LogP contribution in [0.5, 0.6) is 5.88 Å². The summed E-state index contributed by atoms with van der Waals surface area (Å²) in [6.45, 7) is 2.79. The Balaban J connectivity index is 2.43. The van der Waals surface area contributed by atoms with Crippen molar-refractivity contribution in [3.63, 3.8) is 0 Å². The Morgan fingerprint density at radius 2 is 1.72 bits per heavy atom. The number of aromatic nitrogens is 2. The summed E-state index contributed by atoms with van der Waals surface area (Å²) in [6.07, 6.45) is 2.87. The molecule has 0 aliphatic carbocycles. The molecule has 0 bridgehead atoms. The number of benzene rings is 1. The number of carbonyl (C=O) groups excluding carboxylic acids is 2. The van der Waals surface area contributed by atoms with E-state index in [4.69, 9.17) is 0 Å². The molecule has 0 aliphatic rings. The summed E-state index contributed by atoms with van der Waals surface area (Å²) >= 11 is 0. The van der Waals surface area contributed by atoms with Crippen molar-refractivity contribution in [1.29, 1.82) is 0 Å². The lowest BCUT2D eigenvalue weighted by Gasteiger charge is -2.05. The molecule has 3 aromatic rings. The number of carboxylic acid groups (broad SMARTS) is 1. The molecule has 0 spiro atoms. The van der Waals surface area contributed by atoms with Crippen LogP contribution >= 0.6 is 0 Å². The second kappa shape index (κ2) is 5.86. The minimum atomic E-state index is -1.16. The number of ketones is 1. The number of hydrogen-bond donors (Lipinski definition) is 2. The number of carbonyl (C=O) groups is 3. The van der Waals surface area contributed by atoms with E-state index in [0.29, 0.717) is 5.56 Å². The molecule has 7 nitrogen and oxygen atoms in total. The van der Waals surface area contributed by atoms with Gasteiger partial charge in [0, 0.05) is 30.3 Å². The zero-order chi connectivity index (χ0) is 18.3. The number of nitrogens with zero attached hydrogens (tertiary/aromatic N) is 2. The predicted molar refractivity (Wildman–Crippen MR) is 89.3 cm³/mol. The third kappa shape index (κ3) is 2.46. The van der Waals surface area contributed by atoms with Gasteiger partial charge in [-0.25, -0.2) is 4.79 Å². The van der Waals surface area contributed by atoms with Gasteiger partial charge in [0.1, 0.15) is 0 Å². The molecule has 0 saturated carbocycles. The molecule has 0 radical (unpaired) electrons. The average Bonchev–Trinajstić information content (AvgIpc) is 2.88. The summed E-state index contributed by atoms with van der Waals surface area (Å²) in [5.41, 5.74) is 0.754. The van der Waals surface area contributed by atoms with Gasteiger partial charge in [0.2, 0.25) is 11.8 Å². The topological polar surface area (TPSA) is 109 Å². The zero-order valence-corrected chi connectivity index (χ0v) is 13.5. The molecule has 1 aromatic carbocycles. The number of carboxylic acids is 1. The molecule has 0 aliphatic heterocycles. The van der Waals surface area contributed by atoms with Gasteiger partial charge in [-0.05, 0) is 36.8 Å². The summed E-state index contributed by atoms with van der Waals surface area (Å²) < 4.78 is 1.00. The van der Waals surface area contributed by atoms with Gasteiger partial charge in [0.15, 0.2) is 5.78 Å². The third-order valence-corrected chi connectivity index (χ3v) is 4.08. The Morgan fingerprint density at radius 3 is 2.28 bits per heavy atom. The molecule has 2 heterocycles. The minimum absolute atomic E-state index is 0.00280. The summed E-state index contributed by atoms with van der Waals surface area (Å²) in [5.74, 6) is -2.67. The van der Waals surface area contributed by atoms with Crippen molar-refractivity contribution >= 4 is 28.6 Å². The SMILES string of the molecule is CC(=O)n1c(O)c(C(=O)c2ccncc2)c2c(C)c(C(=O)O)ccc21. The van der Waals surface area contributed by atoms with Crippen molar-refractivity contribution in [2.45, 2.75) is 13.8 Å². The number of aromatic carboxylic acids is 1. The zero-order valence-electron chi connectivity index (χ0n) is 13.5. The maximum absolute atomic E-state index is 12.9. The van der Waals surface area contributed by atoms with E-state index >= 15 is 0 Å². The van der Waals surface area contributed by atoms with Crippen LogP contribution in [-0.4, -0.2) is 37.4 Å². The Kier molecular flexibility index (Phi) is 3.84. The first-order valence-electron chi connectivity index (χ1n) is 7.40. The van der Waals surface area contributed by atoms with Crippen molar-refractivity contribution in [1.82, 2.24) is 9.55 Å². The highest BCUT2D eigenvalue weighted by Crippen LogP contribution is 2.36. The van der Waals surface area contributed by atoms with Gasteiger partial charge in [-0.1, -0.05) is 0 Å². The van der Waals surface area contributed by atoms with Crippen molar-refractivity contribution in [2.75, 3.05) is 0 Å². The normalized spacial score (nSPS) is 10.8. The summed E-state index contributed by atoms with van der Waals surface area (Å²) in [6, 6.07) is 5.72. The number of pyridine rings is 1. The van der Waals surface area contributed by atoms with E-state index < -0.39 is 23.5 Å². The van der Waals surface area contributed by atoms with E-state index in [1.807, 2.05) is 0 Å². The van der Waals surface area contributed by atoms with Crippen LogP contribution in [0.3, 0.4) is 0 Å². The maximum atomic E-state index is 12.9. The highest BCUT2D eigenvalue weighted by molar-refractivity contribution is 6.21. The predicted octanol–water partition coefficient (Wildman–Crippen LogP) is 2.64. The fourth-order valence-corrected chi connectivity index (χ4v) is 2.95. The van der Waals surface area contributed by atoms with Gasteiger partial charge < -0.3 is 10.2 Å². The summed E-state index contributed by atoms with van der Waals surface area (Å²) in [7, 11) is 0. The van der Waals surface area contributed by atoms with Crippen LogP contribution in [0.4, 0.5) is 0 Å². The van der Waals surface area contributed by atoms with Crippen LogP contribution in [-0.2, 0) is 0 Å². The molecular weight excluding hydrogens is 324 g/mol. The molecule has 0 saturated heterocycles. The van der Waals surface area contributed by atoms with Crippen LogP contribution in [0.1, 0.15) is 43.6 Å². The van der Waals surface area contributed by atoms with Crippen LogP contribution in [0, 0.1) is 6.92 Å². The van der Waals surface area contributed by atoms with Gasteiger partial charge in [-0.2, -0.15) is 0 Å². The maximum Gasteiger partial charge on any atom is 0.335 e. The van der Waals surface area contributed by atoms with Crippen LogP contribution in [0.2, 0.25) is 0 Å². The molecule has 0 amide bonds. The highest BCUT2D eigenvalue weighted by Gasteiger charge is 2.27. The van der Waals surface area contributed by atoms with Crippen molar-refractivity contribution in [3.8, 4) is 5.88 Å². The van der Waals surface area contributed by atoms with Gasteiger partial charge >= 0.3 is 5.97 Å². The van der Waals surface area contributed by atoms with Crippen molar-refractivity contribution < 1.29 is 24.6 Å². The number of rotatable bonds is 3. The molecule has 0 atom stereocenters. The fraction of sp³-hybridized carbons (Fsp3) is 0.111. The first-order valence-corrected chi connectivity index (χ1v) is 7.40. The average molecular weight is 338 g/mol. The summed E-state index contributed by atoms with van der Waals surface area (Å²) in [4.78, 5) is 40.1. The Hall–Kier alpha value is -3.48. The molecule has 7 heteroatoms. The third-order valence-electron chi connectivity index (χ3n) is 4.08. The monoisotopic (exact) mass is 338 g/mol. The number of fused-ring (bicyclic) bond motifs is 1. The number of aromatic hydroxyl groups is 1. The Bertz CT molecular complexity index is 1030. The molecule has 3 rings (SSSR count). The number of hydrogen-bond acceptors (Lipinski definition) is 5. The smallest absolute Gasteiger partial charge is 0.335 e. The highest BCUT2D eigenvalue weighted by atomic mass is 16.4. The minimum Gasteiger partial charge on any atom is -0.494 e. The fourth-order valence-electron chi connectivity index (χ4n) is 2.95. The first kappa shape index (κ1) is 16.4. The van der Waals surface area contributed by atoms with E-state index in [9.17, 15) is 24.6 Å². The molecular formula is C18H14N2O5. The molecule has 2 aromatic heterocycles. The molecule has 25 heavy (non-hydrogen) atoms. The second-order valence-corrected chi connectivity index (χ2v) is 5.56. The quantitative estimate of drug-likeness (QED) is 0.711. The van der Waals surface area contributed by atoms with Gasteiger partial charge in [-0.15, -0.1) is 0 Å². The van der Waals surface area contributed by atoms with Crippen molar-refractivity contribution in [3.05, 3.63) is 58.9 Å². The van der Waals surface area contributed by atoms with E-state index in [0.717, 1.165) is 4.57 Å². The lowest BCUT2D eigenvalue weighted by Crippen LogP contribution is -2.06. The Morgan fingerprint density at radius 1 is 1.08 bits per heavy atom. The molecule has 0 unspecified atom stereocenters. The summed E-state index contributed by atoms with van der Waals surface area (Å²) in [5, 5.41) is 20.1. The standard InChI is InChI=1S/C18H14N2O5/c1-9-12(18(24)25)3-4-13-14(9)15(17(23)20(13)10(2)21)16(22)11-5-7-19-8-6-11/h3-8,23H,1-2H3,(H,24,25). The van der Waals surface area contributed by atoms with E-state index in [1.54, 1.807) is 6.92 Å². The Labute approximate surface area is 142 Å². The lowest BCUT2D eigenvalue weighted by molar-refractivity contribution is 0.0695. The van der Waals surface area contributed by atoms with Gasteiger partial charge in [0.05, 0.1) is 16.6 Å². The van der Waals surface area contributed by atoms with Crippen LogP contribution in [0.15, 0.2) is 36.7 Å². The van der Waals surface area contributed by atoms with E-state index in [-0.39, 0.29) is 27.6 Å². The van der Waals surface area contributed by atoms with Gasteiger partial charge in [-0.3, -0.25) is 19.1 Å². The molecule has 126 valence electrons. The molecule has 0 fully saturated rings. The van der Waals surface area contributed by atoms with Crippen LogP contribution in [0.25, 0.3) is 10.9 Å². The first-order chi connectivity index (χ1) is 11.8. The van der Waals surface area contributed by atoms with Crippen molar-refractivity contribution in [2.24, 2.45) is 0 Å². The number of aryl methyl sites for hydroxylation is 1. The van der Waals surface area contributed by atoms with E-state index in [2.05, 4.69) is 4.98 Å². The second-order valence-electron chi connectivity index (χ2n) is 5.56.